The number of alkyl halides is 3. The molecule has 1 amide bonds. The van der Waals surface area contributed by atoms with Crippen molar-refractivity contribution in [2.45, 2.75) is 89.0 Å². The number of sulfonamides is 1. The van der Waals surface area contributed by atoms with Gasteiger partial charge in [-0.1, -0.05) is 63.9 Å². The Balaban J connectivity index is 3.47. The molecule has 0 aromatic carbocycles. The number of hydrogen-bond donors (Lipinski definition) is 1. The number of hydrogen-bond acceptors (Lipinski definition) is 3. The Morgan fingerprint density at radius 1 is 0.840 bits per heavy atom. The third-order valence-electron chi connectivity index (χ3n) is 3.86. The highest BCUT2D eigenvalue weighted by Crippen LogP contribution is 2.21. The van der Waals surface area contributed by atoms with Gasteiger partial charge in [0.15, 0.2) is 0 Å². The first-order valence-corrected chi connectivity index (χ1v) is 10.4. The van der Waals surface area contributed by atoms with E-state index < -0.39 is 21.4 Å². The van der Waals surface area contributed by atoms with Gasteiger partial charge in [0.05, 0.1) is 0 Å². The predicted octanol–water partition coefficient (Wildman–Crippen LogP) is 5.21. The number of amides is 1. The van der Waals surface area contributed by atoms with Crippen molar-refractivity contribution in [1.29, 1.82) is 0 Å². The molecule has 4 nitrogen and oxygen atoms in total. The van der Waals surface area contributed by atoms with Crippen molar-refractivity contribution in [2.24, 2.45) is 0 Å². The van der Waals surface area contributed by atoms with Crippen LogP contribution < -0.4 is 4.72 Å². The zero-order valence-electron chi connectivity index (χ0n) is 14.7. The van der Waals surface area contributed by atoms with Crippen LogP contribution in [0.15, 0.2) is 12.7 Å². The number of halogens is 3. The number of rotatable bonds is 15. The van der Waals surface area contributed by atoms with Gasteiger partial charge in [0.25, 0.3) is 0 Å². The molecule has 0 fully saturated rings. The molecule has 148 valence electrons. The second-order valence-corrected chi connectivity index (χ2v) is 7.86. The number of carbonyl (C=O) groups excluding carboxylic acids is 1. The summed E-state index contributed by atoms with van der Waals surface area (Å²) in [5, 5.41) is 0. The van der Waals surface area contributed by atoms with Crippen LogP contribution in [0.2, 0.25) is 0 Å². The van der Waals surface area contributed by atoms with Crippen LogP contribution in [-0.4, -0.2) is 19.8 Å². The third-order valence-corrected chi connectivity index (χ3v) is 4.97. The summed E-state index contributed by atoms with van der Waals surface area (Å²) in [5.74, 6) is -1.10. The summed E-state index contributed by atoms with van der Waals surface area (Å²) in [6.07, 6.45) is 14.3. The van der Waals surface area contributed by atoms with Crippen LogP contribution in [0.4, 0.5) is 13.2 Å². The highest BCUT2D eigenvalue weighted by Gasteiger charge is 2.46. The van der Waals surface area contributed by atoms with E-state index in [1.807, 2.05) is 6.08 Å². The first-order chi connectivity index (χ1) is 11.7. The Morgan fingerprint density at radius 3 is 1.64 bits per heavy atom. The molecule has 0 aromatic heterocycles. The summed E-state index contributed by atoms with van der Waals surface area (Å²) in [7, 11) is -5.57. The summed E-state index contributed by atoms with van der Waals surface area (Å²) in [6.45, 7) is 3.69. The Bertz CT molecular complexity index is 476. The van der Waals surface area contributed by atoms with E-state index >= 15 is 0 Å². The maximum absolute atomic E-state index is 12.1. The minimum atomic E-state index is -5.57. The smallest absolute Gasteiger partial charge is 0.274 e. The SMILES string of the molecule is C=CCCCCCCCCCCCCCC(=O)NS(=O)(=O)C(F)(F)F. The topological polar surface area (TPSA) is 63.2 Å². The molecule has 0 spiro atoms. The van der Waals surface area contributed by atoms with Gasteiger partial charge in [0.2, 0.25) is 5.91 Å². The molecule has 0 saturated heterocycles. The van der Waals surface area contributed by atoms with Gasteiger partial charge < -0.3 is 0 Å². The van der Waals surface area contributed by atoms with Crippen LogP contribution in [-0.2, 0) is 14.8 Å². The van der Waals surface area contributed by atoms with Crippen molar-refractivity contribution in [3.63, 3.8) is 0 Å². The Hall–Kier alpha value is -1.05. The van der Waals surface area contributed by atoms with Crippen molar-refractivity contribution < 1.29 is 26.4 Å². The fourth-order valence-corrected chi connectivity index (χ4v) is 2.94. The normalized spacial score (nSPS) is 12.1. The van der Waals surface area contributed by atoms with Crippen LogP contribution in [0.3, 0.4) is 0 Å². The van der Waals surface area contributed by atoms with Gasteiger partial charge in [-0.3, -0.25) is 4.79 Å². The third kappa shape index (κ3) is 12.9. The summed E-state index contributed by atoms with van der Waals surface area (Å²) >= 11 is 0. The molecule has 0 atom stereocenters. The average Bonchev–Trinajstić information content (AvgIpc) is 2.50. The van der Waals surface area contributed by atoms with Crippen LogP contribution >= 0.6 is 0 Å². The molecule has 0 rings (SSSR count). The van der Waals surface area contributed by atoms with E-state index in [-0.39, 0.29) is 6.42 Å². The number of nitrogens with one attached hydrogen (secondary N) is 1. The van der Waals surface area contributed by atoms with E-state index in [1.165, 1.54) is 38.5 Å². The van der Waals surface area contributed by atoms with Crippen LogP contribution in [0.25, 0.3) is 0 Å². The molecular weight excluding hydrogens is 355 g/mol. The van der Waals surface area contributed by atoms with E-state index in [4.69, 9.17) is 0 Å². The molecule has 0 aliphatic heterocycles. The monoisotopic (exact) mass is 385 g/mol. The Kier molecular flexibility index (Phi) is 12.6. The quantitative estimate of drug-likeness (QED) is 0.311. The summed E-state index contributed by atoms with van der Waals surface area (Å²) in [5.41, 5.74) is -5.45. The molecule has 0 aliphatic carbocycles. The molecule has 0 aliphatic rings. The first-order valence-electron chi connectivity index (χ1n) is 8.93. The Morgan fingerprint density at radius 2 is 1.24 bits per heavy atom. The van der Waals surface area contributed by atoms with Gasteiger partial charge in [0.1, 0.15) is 0 Å². The molecule has 0 unspecified atom stereocenters. The molecule has 8 heteroatoms. The predicted molar refractivity (Wildman–Crippen MR) is 93.3 cm³/mol. The minimum Gasteiger partial charge on any atom is -0.274 e. The van der Waals surface area contributed by atoms with Crippen molar-refractivity contribution in [2.75, 3.05) is 0 Å². The highest BCUT2D eigenvalue weighted by molar-refractivity contribution is 7.90. The van der Waals surface area contributed by atoms with Crippen molar-refractivity contribution in [3.8, 4) is 0 Å². The van der Waals surface area contributed by atoms with E-state index in [2.05, 4.69) is 6.58 Å². The van der Waals surface area contributed by atoms with Gasteiger partial charge in [-0.05, 0) is 19.3 Å². The number of carbonyl (C=O) groups is 1. The number of unbranched alkanes of at least 4 members (excludes halogenated alkanes) is 11. The van der Waals surface area contributed by atoms with Crippen LogP contribution in [0.5, 0.6) is 0 Å². The maximum atomic E-state index is 12.1. The van der Waals surface area contributed by atoms with Gasteiger partial charge >= 0.3 is 15.5 Å². The minimum absolute atomic E-state index is 0.208. The Labute approximate surface area is 149 Å². The second-order valence-electron chi connectivity index (χ2n) is 6.19. The van der Waals surface area contributed by atoms with Gasteiger partial charge in [-0.2, -0.15) is 21.6 Å². The summed E-state index contributed by atoms with van der Waals surface area (Å²) in [6, 6.07) is 0. The largest absolute Gasteiger partial charge is 0.516 e. The second kappa shape index (κ2) is 13.2. The van der Waals surface area contributed by atoms with Crippen molar-refractivity contribution in [1.82, 2.24) is 4.72 Å². The maximum Gasteiger partial charge on any atom is 0.516 e. The fourth-order valence-electron chi connectivity index (χ4n) is 2.42. The lowest BCUT2D eigenvalue weighted by Crippen LogP contribution is -2.40. The van der Waals surface area contributed by atoms with Crippen LogP contribution in [0.1, 0.15) is 83.5 Å². The number of allylic oxidation sites excluding steroid dienone is 1. The van der Waals surface area contributed by atoms with Gasteiger partial charge in [0, 0.05) is 6.42 Å². The molecule has 0 heterocycles. The molecule has 0 bridgehead atoms. The van der Waals surface area contributed by atoms with E-state index in [1.54, 1.807) is 0 Å². The molecular formula is C17H30F3NO3S. The van der Waals surface area contributed by atoms with Gasteiger partial charge in [-0.15, -0.1) is 6.58 Å². The molecule has 25 heavy (non-hydrogen) atoms. The zero-order chi connectivity index (χ0) is 19.2. The molecule has 0 radical (unpaired) electrons. The molecule has 1 N–H and O–H groups in total. The van der Waals surface area contributed by atoms with Crippen molar-refractivity contribution >= 4 is 15.9 Å². The lowest BCUT2D eigenvalue weighted by atomic mass is 10.0. The highest BCUT2D eigenvalue weighted by atomic mass is 32.2. The van der Waals surface area contributed by atoms with E-state index in [9.17, 15) is 26.4 Å². The lowest BCUT2D eigenvalue weighted by molar-refractivity contribution is -0.120. The van der Waals surface area contributed by atoms with Crippen molar-refractivity contribution in [3.05, 3.63) is 12.7 Å². The zero-order valence-corrected chi connectivity index (χ0v) is 15.6. The van der Waals surface area contributed by atoms with Gasteiger partial charge in [-0.25, -0.2) is 4.72 Å². The molecule has 0 aromatic rings. The first kappa shape index (κ1) is 23.9. The van der Waals surface area contributed by atoms with E-state index in [0.29, 0.717) is 12.8 Å². The van der Waals surface area contributed by atoms with E-state index in [0.717, 1.165) is 30.4 Å². The summed E-state index contributed by atoms with van der Waals surface area (Å²) in [4.78, 5) is 11.2. The molecule has 0 saturated carbocycles. The van der Waals surface area contributed by atoms with Crippen LogP contribution in [0, 0.1) is 0 Å². The average molecular weight is 385 g/mol. The summed E-state index contributed by atoms with van der Waals surface area (Å²) < 4.78 is 58.8. The standard InChI is InChI=1S/C17H30F3NO3S/c1-2-3-4-5-6-7-8-9-10-11-12-13-14-15-16(22)21-25(23,24)17(18,19)20/h2H,1,3-15H2,(H,21,22). The lowest BCUT2D eigenvalue weighted by Gasteiger charge is -2.09. The fraction of sp³-hybridized carbons (Fsp3) is 0.824.